The van der Waals surface area contributed by atoms with Gasteiger partial charge in [0.1, 0.15) is 5.75 Å². The maximum absolute atomic E-state index is 5.65. The van der Waals surface area contributed by atoms with E-state index in [1.165, 1.54) is 5.56 Å². The maximum atomic E-state index is 5.65. The summed E-state index contributed by atoms with van der Waals surface area (Å²) < 4.78 is 5.65. The van der Waals surface area contributed by atoms with Gasteiger partial charge in [-0.25, -0.2) is 0 Å². The van der Waals surface area contributed by atoms with Gasteiger partial charge in [0.05, 0.1) is 13.2 Å². The van der Waals surface area contributed by atoms with Crippen LogP contribution >= 0.6 is 0 Å². The number of nitrogens with zero attached hydrogens (tertiary/aromatic N) is 1. The Bertz CT molecular complexity index is 444. The Morgan fingerprint density at radius 1 is 1.47 bits per heavy atom. The molecule has 1 aromatic carbocycles. The van der Waals surface area contributed by atoms with Gasteiger partial charge in [-0.15, -0.1) is 0 Å². The Hall–Kier alpha value is -1.71. The second-order valence-corrected chi connectivity index (χ2v) is 4.66. The van der Waals surface area contributed by atoms with Crippen LogP contribution in [0.1, 0.15) is 18.4 Å². The highest BCUT2D eigenvalue weighted by Crippen LogP contribution is 2.32. The van der Waals surface area contributed by atoms with Crippen LogP contribution in [0.3, 0.4) is 0 Å². The first-order valence-corrected chi connectivity index (χ1v) is 6.09. The average Bonchev–Trinajstić information content (AvgIpc) is 2.93. The minimum absolute atomic E-state index is 0.423. The zero-order valence-corrected chi connectivity index (χ0v) is 9.94. The lowest BCUT2D eigenvalue weighted by molar-refractivity contribution is 0.330. The quantitative estimate of drug-likeness (QED) is 0.801. The highest BCUT2D eigenvalue weighted by molar-refractivity contribution is 5.81. The molecule has 17 heavy (non-hydrogen) atoms. The van der Waals surface area contributed by atoms with Crippen LogP contribution in [0.2, 0.25) is 0 Å². The van der Waals surface area contributed by atoms with Crippen LogP contribution in [0.5, 0.6) is 5.75 Å². The second-order valence-electron chi connectivity index (χ2n) is 4.66. The molecule has 3 rings (SSSR count). The molecule has 2 unspecified atom stereocenters. The summed E-state index contributed by atoms with van der Waals surface area (Å²) in [6, 6.07) is 8.70. The number of hydrogen-bond acceptors (Lipinski definition) is 4. The van der Waals surface area contributed by atoms with Crippen molar-refractivity contribution in [1.29, 1.82) is 0 Å². The van der Waals surface area contributed by atoms with E-state index in [-0.39, 0.29) is 0 Å². The molecular weight excluding hydrogens is 214 g/mol. The smallest absolute Gasteiger partial charge is 0.191 e. The van der Waals surface area contributed by atoms with E-state index in [1.54, 1.807) is 0 Å². The number of hydrogen-bond donors (Lipinski definition) is 2. The molecule has 2 aliphatic rings. The lowest BCUT2D eigenvalue weighted by atomic mass is 10.0. The normalized spacial score (nSPS) is 25.8. The molecule has 2 heterocycles. The van der Waals surface area contributed by atoms with Crippen molar-refractivity contribution in [2.75, 3.05) is 19.7 Å². The summed E-state index contributed by atoms with van der Waals surface area (Å²) in [6.45, 7) is 4.62. The molecule has 0 aromatic heterocycles. The number of aliphatic imine (C=N–C) groups is 1. The molecule has 0 saturated heterocycles. The van der Waals surface area contributed by atoms with Crippen LogP contribution in [-0.2, 0) is 0 Å². The molecule has 0 aliphatic carbocycles. The van der Waals surface area contributed by atoms with E-state index in [4.69, 9.17) is 4.74 Å². The van der Waals surface area contributed by atoms with Gasteiger partial charge in [0.2, 0.25) is 0 Å². The standard InChI is InChI=1S/C13H17N3O/c1-9-6-14-13(16-9)15-7-10-8-17-12-5-3-2-4-11(10)12/h2-5,9-10H,6-8H2,1H3,(H2,14,15,16). The number of rotatable bonds is 2. The summed E-state index contributed by atoms with van der Waals surface area (Å²) in [6.07, 6.45) is 0. The maximum Gasteiger partial charge on any atom is 0.191 e. The molecule has 0 spiro atoms. The predicted molar refractivity (Wildman–Crippen MR) is 67.6 cm³/mol. The first kappa shape index (κ1) is 10.4. The molecule has 1 aromatic rings. The van der Waals surface area contributed by atoms with Crippen molar-refractivity contribution in [3.05, 3.63) is 29.8 Å². The molecule has 2 N–H and O–H groups in total. The lowest BCUT2D eigenvalue weighted by Crippen LogP contribution is -2.39. The van der Waals surface area contributed by atoms with Gasteiger partial charge in [-0.2, -0.15) is 0 Å². The minimum atomic E-state index is 0.423. The highest BCUT2D eigenvalue weighted by Gasteiger charge is 2.24. The van der Waals surface area contributed by atoms with Crippen LogP contribution < -0.4 is 15.4 Å². The SMILES string of the molecule is CC1CN=C(NCC2COc3ccccc32)N1. The van der Waals surface area contributed by atoms with Gasteiger partial charge in [0.25, 0.3) is 0 Å². The summed E-state index contributed by atoms with van der Waals surface area (Å²) in [5, 5.41) is 6.65. The van der Waals surface area contributed by atoms with E-state index in [1.807, 2.05) is 12.1 Å². The summed E-state index contributed by atoms with van der Waals surface area (Å²) in [5.74, 6) is 2.36. The molecule has 4 nitrogen and oxygen atoms in total. The van der Waals surface area contributed by atoms with E-state index in [2.05, 4.69) is 34.7 Å². The fourth-order valence-corrected chi connectivity index (χ4v) is 2.28. The van der Waals surface area contributed by atoms with Gasteiger partial charge >= 0.3 is 0 Å². The van der Waals surface area contributed by atoms with Crippen molar-refractivity contribution >= 4 is 5.96 Å². The van der Waals surface area contributed by atoms with Crippen molar-refractivity contribution < 1.29 is 4.74 Å². The van der Waals surface area contributed by atoms with Crippen LogP contribution in [0.25, 0.3) is 0 Å². The van der Waals surface area contributed by atoms with Crippen molar-refractivity contribution in [2.24, 2.45) is 4.99 Å². The summed E-state index contributed by atoms with van der Waals surface area (Å²) in [7, 11) is 0. The van der Waals surface area contributed by atoms with Gasteiger partial charge < -0.3 is 15.4 Å². The Morgan fingerprint density at radius 2 is 2.35 bits per heavy atom. The predicted octanol–water partition coefficient (Wildman–Crippen LogP) is 1.10. The number of guanidine groups is 1. The van der Waals surface area contributed by atoms with Crippen LogP contribution in [0, 0.1) is 0 Å². The number of para-hydroxylation sites is 1. The Kier molecular flexibility index (Phi) is 2.63. The largest absolute Gasteiger partial charge is 0.493 e. The third kappa shape index (κ3) is 2.07. The van der Waals surface area contributed by atoms with Crippen molar-refractivity contribution in [1.82, 2.24) is 10.6 Å². The number of nitrogens with one attached hydrogen (secondary N) is 2. The fourth-order valence-electron chi connectivity index (χ4n) is 2.28. The van der Waals surface area contributed by atoms with Crippen LogP contribution in [-0.4, -0.2) is 31.7 Å². The average molecular weight is 231 g/mol. The van der Waals surface area contributed by atoms with Crippen LogP contribution in [0.4, 0.5) is 0 Å². The van der Waals surface area contributed by atoms with E-state index >= 15 is 0 Å². The van der Waals surface area contributed by atoms with Gasteiger partial charge in [0.15, 0.2) is 5.96 Å². The highest BCUT2D eigenvalue weighted by atomic mass is 16.5. The summed E-state index contributed by atoms with van der Waals surface area (Å²) in [4.78, 5) is 4.39. The molecule has 0 radical (unpaired) electrons. The molecular formula is C13H17N3O. The Morgan fingerprint density at radius 3 is 3.18 bits per heavy atom. The molecule has 2 aliphatic heterocycles. The molecule has 4 heteroatoms. The minimum Gasteiger partial charge on any atom is -0.493 e. The lowest BCUT2D eigenvalue weighted by Gasteiger charge is -2.12. The van der Waals surface area contributed by atoms with E-state index in [9.17, 15) is 0 Å². The zero-order chi connectivity index (χ0) is 11.7. The summed E-state index contributed by atoms with van der Waals surface area (Å²) in [5.41, 5.74) is 1.30. The second kappa shape index (κ2) is 4.28. The molecule has 0 amide bonds. The third-order valence-corrected chi connectivity index (χ3v) is 3.22. The first-order valence-electron chi connectivity index (χ1n) is 6.09. The van der Waals surface area contributed by atoms with E-state index in [0.29, 0.717) is 12.0 Å². The van der Waals surface area contributed by atoms with E-state index < -0.39 is 0 Å². The first-order chi connectivity index (χ1) is 8.33. The Labute approximate surface area is 101 Å². The zero-order valence-electron chi connectivity index (χ0n) is 9.94. The Balaban J connectivity index is 1.61. The number of benzene rings is 1. The van der Waals surface area contributed by atoms with Gasteiger partial charge in [-0.3, -0.25) is 4.99 Å². The van der Waals surface area contributed by atoms with Crippen molar-refractivity contribution in [3.8, 4) is 5.75 Å². The topological polar surface area (TPSA) is 45.7 Å². The van der Waals surface area contributed by atoms with Gasteiger partial charge in [-0.05, 0) is 13.0 Å². The van der Waals surface area contributed by atoms with E-state index in [0.717, 1.165) is 31.4 Å². The molecule has 0 bridgehead atoms. The van der Waals surface area contributed by atoms with Crippen molar-refractivity contribution in [2.45, 2.75) is 18.9 Å². The number of fused-ring (bicyclic) bond motifs is 1. The van der Waals surface area contributed by atoms with Crippen LogP contribution in [0.15, 0.2) is 29.3 Å². The molecule has 90 valence electrons. The molecule has 0 fully saturated rings. The fraction of sp³-hybridized carbons (Fsp3) is 0.462. The van der Waals surface area contributed by atoms with Crippen molar-refractivity contribution in [3.63, 3.8) is 0 Å². The monoisotopic (exact) mass is 231 g/mol. The molecule has 0 saturated carbocycles. The third-order valence-electron chi connectivity index (χ3n) is 3.22. The van der Waals surface area contributed by atoms with Gasteiger partial charge in [-0.1, -0.05) is 18.2 Å². The number of ether oxygens (including phenoxy) is 1. The van der Waals surface area contributed by atoms with Gasteiger partial charge in [0, 0.05) is 24.1 Å². The summed E-state index contributed by atoms with van der Waals surface area (Å²) >= 11 is 0. The molecule has 2 atom stereocenters.